The van der Waals surface area contributed by atoms with E-state index in [1.165, 1.54) is 17.4 Å². The van der Waals surface area contributed by atoms with Gasteiger partial charge < -0.3 is 5.32 Å². The third kappa shape index (κ3) is 5.25. The number of aryl methyl sites for hydroxylation is 1. The van der Waals surface area contributed by atoms with Crippen LogP contribution < -0.4 is 10.0 Å². The van der Waals surface area contributed by atoms with Crippen LogP contribution in [0, 0.1) is 6.92 Å². The number of carbonyl (C=O) groups excluding carboxylic acids is 1. The van der Waals surface area contributed by atoms with Gasteiger partial charge in [-0.25, -0.2) is 18.1 Å². The highest BCUT2D eigenvalue weighted by Crippen LogP contribution is 2.27. The van der Waals surface area contributed by atoms with Gasteiger partial charge in [-0.1, -0.05) is 59.3 Å². The molecule has 164 valence electrons. The van der Waals surface area contributed by atoms with Gasteiger partial charge in [0.05, 0.1) is 15.4 Å². The molecule has 4 rings (SSSR count). The number of sulfonamides is 1. The van der Waals surface area contributed by atoms with E-state index >= 15 is 0 Å². The zero-order valence-electron chi connectivity index (χ0n) is 16.8. The van der Waals surface area contributed by atoms with E-state index in [4.69, 9.17) is 11.6 Å². The van der Waals surface area contributed by atoms with Gasteiger partial charge in [0.25, 0.3) is 0 Å². The number of thiazole rings is 1. The molecule has 0 amide bonds. The van der Waals surface area contributed by atoms with Crippen LogP contribution in [0.1, 0.15) is 26.4 Å². The lowest BCUT2D eigenvalue weighted by Crippen LogP contribution is -2.22. The topological polar surface area (TPSA) is 88.2 Å². The number of aromatic nitrogens is 1. The monoisotopic (exact) mass is 503 g/mol. The Kier molecular flexibility index (Phi) is 6.73. The molecule has 10 heteroatoms. The number of hydrogen-bond donors (Lipinski definition) is 2. The number of nitrogens with zero attached hydrogens (tertiary/aromatic N) is 1. The molecule has 2 N–H and O–H groups in total. The first kappa shape index (κ1) is 22.6. The number of rotatable bonds is 8. The summed E-state index contributed by atoms with van der Waals surface area (Å²) in [5.74, 6) is -0.0644. The SMILES string of the molecule is Cc1ccccc1C(=O)c1cnc(Nc2cccc(CNS(=O)(=O)c3ccc(Cl)s3)c2)s1. The van der Waals surface area contributed by atoms with Crippen LogP contribution in [0.5, 0.6) is 0 Å². The van der Waals surface area contributed by atoms with Gasteiger partial charge >= 0.3 is 0 Å². The summed E-state index contributed by atoms with van der Waals surface area (Å²) in [6.45, 7) is 2.03. The highest BCUT2D eigenvalue weighted by Gasteiger charge is 2.17. The first-order valence-electron chi connectivity index (χ1n) is 9.49. The van der Waals surface area contributed by atoms with Crippen LogP contribution in [0.25, 0.3) is 0 Å². The number of carbonyl (C=O) groups is 1. The minimum absolute atomic E-state index is 0.0644. The number of benzene rings is 2. The normalized spacial score (nSPS) is 11.4. The van der Waals surface area contributed by atoms with Crippen molar-refractivity contribution >= 4 is 60.9 Å². The van der Waals surface area contributed by atoms with Crippen molar-refractivity contribution in [2.24, 2.45) is 0 Å². The third-order valence-corrected chi connectivity index (χ3v) is 8.61. The van der Waals surface area contributed by atoms with Gasteiger partial charge in [-0.05, 0) is 42.3 Å². The van der Waals surface area contributed by atoms with Gasteiger partial charge in [0.1, 0.15) is 4.21 Å². The van der Waals surface area contributed by atoms with Gasteiger partial charge in [0, 0.05) is 17.8 Å². The van der Waals surface area contributed by atoms with Crippen molar-refractivity contribution in [1.29, 1.82) is 0 Å². The molecule has 2 heterocycles. The molecule has 0 aliphatic rings. The second-order valence-electron chi connectivity index (χ2n) is 6.88. The van der Waals surface area contributed by atoms with Gasteiger partial charge in [-0.3, -0.25) is 4.79 Å². The molecule has 0 aliphatic carbocycles. The molecule has 4 aromatic rings. The minimum Gasteiger partial charge on any atom is -0.332 e. The standard InChI is InChI=1S/C22H18ClN3O3S3/c1-14-5-2-3-8-17(14)21(27)18-13-24-22(30-18)26-16-7-4-6-15(11-16)12-25-32(28,29)20-10-9-19(23)31-20/h2-11,13,25H,12H2,1H3,(H,24,26). The molecule has 0 fully saturated rings. The van der Waals surface area contributed by atoms with Gasteiger partial charge in [0.2, 0.25) is 15.8 Å². The summed E-state index contributed by atoms with van der Waals surface area (Å²) >= 11 is 8.11. The number of thiophene rings is 1. The van der Waals surface area contributed by atoms with Gasteiger partial charge in [-0.15, -0.1) is 11.3 Å². The lowest BCUT2D eigenvalue weighted by atomic mass is 10.0. The Balaban J connectivity index is 1.43. The second-order valence-corrected chi connectivity index (χ2v) is 11.6. The van der Waals surface area contributed by atoms with E-state index in [0.717, 1.165) is 28.2 Å². The summed E-state index contributed by atoms with van der Waals surface area (Å²) in [5, 5.41) is 3.76. The van der Waals surface area contributed by atoms with Crippen LogP contribution in [0.4, 0.5) is 10.8 Å². The van der Waals surface area contributed by atoms with E-state index < -0.39 is 10.0 Å². The third-order valence-electron chi connectivity index (χ3n) is 4.58. The Morgan fingerprint density at radius 2 is 1.88 bits per heavy atom. The van der Waals surface area contributed by atoms with Crippen LogP contribution in [-0.2, 0) is 16.6 Å². The van der Waals surface area contributed by atoms with E-state index in [2.05, 4.69) is 15.0 Å². The molecule has 6 nitrogen and oxygen atoms in total. The summed E-state index contributed by atoms with van der Waals surface area (Å²) in [4.78, 5) is 17.6. The Labute approximate surface area is 199 Å². The summed E-state index contributed by atoms with van der Waals surface area (Å²) in [6.07, 6.45) is 1.56. The van der Waals surface area contributed by atoms with Crippen LogP contribution in [-0.4, -0.2) is 19.2 Å². The van der Waals surface area contributed by atoms with Gasteiger partial charge in [0.15, 0.2) is 5.13 Å². The van der Waals surface area contributed by atoms with Crippen molar-refractivity contribution in [3.8, 4) is 0 Å². The Bertz CT molecular complexity index is 1380. The fraction of sp³-hybridized carbons (Fsp3) is 0.0909. The van der Waals surface area contributed by atoms with Crippen molar-refractivity contribution in [2.45, 2.75) is 17.7 Å². The number of ketones is 1. The summed E-state index contributed by atoms with van der Waals surface area (Å²) < 4.78 is 27.9. The first-order valence-corrected chi connectivity index (χ1v) is 13.0. The zero-order chi connectivity index (χ0) is 22.7. The Hall–Kier alpha value is -2.56. The Morgan fingerprint density at radius 3 is 2.62 bits per heavy atom. The average Bonchev–Trinajstić information content (AvgIpc) is 3.42. The summed E-state index contributed by atoms with van der Waals surface area (Å²) in [6, 6.07) is 17.8. The van der Waals surface area contributed by atoms with E-state index in [0.29, 0.717) is 19.9 Å². The molecule has 0 spiro atoms. The van der Waals surface area contributed by atoms with Crippen LogP contribution in [0.3, 0.4) is 0 Å². The highest BCUT2D eigenvalue weighted by atomic mass is 35.5. The molecule has 0 saturated carbocycles. The van der Waals surface area contributed by atoms with E-state index in [1.807, 2.05) is 49.4 Å². The van der Waals surface area contributed by atoms with E-state index in [-0.39, 0.29) is 16.5 Å². The minimum atomic E-state index is -3.63. The molecule has 0 unspecified atom stereocenters. The smallest absolute Gasteiger partial charge is 0.250 e. The van der Waals surface area contributed by atoms with Crippen LogP contribution in [0.15, 0.2) is 71.1 Å². The largest absolute Gasteiger partial charge is 0.332 e. The average molecular weight is 504 g/mol. The lowest BCUT2D eigenvalue weighted by molar-refractivity contribution is 0.104. The van der Waals surface area contributed by atoms with Crippen molar-refractivity contribution in [2.75, 3.05) is 5.32 Å². The molecular formula is C22H18ClN3O3S3. The number of halogens is 1. The molecule has 0 aliphatic heterocycles. The molecule has 32 heavy (non-hydrogen) atoms. The van der Waals surface area contributed by atoms with Crippen LogP contribution >= 0.6 is 34.3 Å². The van der Waals surface area contributed by atoms with E-state index in [1.54, 1.807) is 18.3 Å². The van der Waals surface area contributed by atoms with E-state index in [9.17, 15) is 13.2 Å². The molecule has 2 aromatic heterocycles. The number of nitrogens with one attached hydrogen (secondary N) is 2. The number of hydrogen-bond acceptors (Lipinski definition) is 7. The predicted octanol–water partition coefficient (Wildman–Crippen LogP) is 5.62. The van der Waals surface area contributed by atoms with Crippen molar-refractivity contribution in [3.63, 3.8) is 0 Å². The quantitative estimate of drug-likeness (QED) is 0.305. The zero-order valence-corrected chi connectivity index (χ0v) is 20.0. The Morgan fingerprint density at radius 1 is 1.06 bits per heavy atom. The summed E-state index contributed by atoms with van der Waals surface area (Å²) in [5.41, 5.74) is 3.09. The van der Waals surface area contributed by atoms with Crippen LogP contribution in [0.2, 0.25) is 4.34 Å². The first-order chi connectivity index (χ1) is 15.3. The summed E-state index contributed by atoms with van der Waals surface area (Å²) in [7, 11) is -3.63. The molecule has 0 saturated heterocycles. The van der Waals surface area contributed by atoms with Crippen molar-refractivity contribution in [3.05, 3.63) is 92.8 Å². The fourth-order valence-corrected chi connectivity index (χ4v) is 6.31. The fourth-order valence-electron chi connectivity index (χ4n) is 2.97. The molecule has 0 atom stereocenters. The highest BCUT2D eigenvalue weighted by molar-refractivity contribution is 7.91. The maximum Gasteiger partial charge on any atom is 0.250 e. The molecule has 0 radical (unpaired) electrons. The van der Waals surface area contributed by atoms with Crippen molar-refractivity contribution < 1.29 is 13.2 Å². The van der Waals surface area contributed by atoms with Gasteiger partial charge in [-0.2, -0.15) is 0 Å². The number of anilines is 2. The maximum absolute atomic E-state index is 12.8. The second kappa shape index (κ2) is 9.51. The molecule has 0 bridgehead atoms. The molecular weight excluding hydrogens is 486 g/mol. The molecule has 2 aromatic carbocycles. The van der Waals surface area contributed by atoms with Crippen molar-refractivity contribution in [1.82, 2.24) is 9.71 Å². The predicted molar refractivity (Wildman–Crippen MR) is 130 cm³/mol. The maximum atomic E-state index is 12.8. The lowest BCUT2D eigenvalue weighted by Gasteiger charge is -2.08.